The van der Waals surface area contributed by atoms with Gasteiger partial charge in [0, 0.05) is 22.9 Å². The van der Waals surface area contributed by atoms with Gasteiger partial charge in [-0.15, -0.1) is 0 Å². The van der Waals surface area contributed by atoms with Crippen molar-refractivity contribution in [1.29, 1.82) is 0 Å². The summed E-state index contributed by atoms with van der Waals surface area (Å²) in [6, 6.07) is 13.6. The summed E-state index contributed by atoms with van der Waals surface area (Å²) in [7, 11) is 0. The molecule has 0 bridgehead atoms. The van der Waals surface area contributed by atoms with Crippen LogP contribution >= 0.6 is 0 Å². The summed E-state index contributed by atoms with van der Waals surface area (Å²) in [4.78, 5) is 14.6. The van der Waals surface area contributed by atoms with Crippen LogP contribution < -0.4 is 5.32 Å². The van der Waals surface area contributed by atoms with E-state index in [1.165, 1.54) is 18.2 Å². The quantitative estimate of drug-likeness (QED) is 0.654. The molecule has 2 N–H and O–H groups in total. The number of amidine groups is 1. The van der Waals surface area contributed by atoms with Crippen LogP contribution in [0, 0.1) is 10.1 Å². The summed E-state index contributed by atoms with van der Waals surface area (Å²) in [5.41, 5.74) is 1.97. The fourth-order valence-corrected chi connectivity index (χ4v) is 2.06. The van der Waals surface area contributed by atoms with Crippen LogP contribution in [0.4, 0.5) is 5.69 Å². The van der Waals surface area contributed by atoms with Crippen molar-refractivity contribution < 1.29 is 10.0 Å². The lowest BCUT2D eigenvalue weighted by molar-refractivity contribution is -0.424. The molecule has 2 aromatic carbocycles. The molecular formula is C15H11N3O3. The molecule has 0 aromatic heterocycles. The molecule has 104 valence electrons. The van der Waals surface area contributed by atoms with E-state index in [0.29, 0.717) is 17.0 Å². The molecule has 21 heavy (non-hydrogen) atoms. The molecule has 0 fully saturated rings. The van der Waals surface area contributed by atoms with Crippen molar-refractivity contribution in [3.63, 3.8) is 0 Å². The molecule has 0 aliphatic carbocycles. The summed E-state index contributed by atoms with van der Waals surface area (Å²) in [6.07, 6.45) is 1.41. The first-order valence-corrected chi connectivity index (χ1v) is 6.24. The van der Waals surface area contributed by atoms with Gasteiger partial charge in [0.25, 0.3) is 5.84 Å². The molecule has 6 heteroatoms. The van der Waals surface area contributed by atoms with E-state index >= 15 is 0 Å². The molecule has 0 spiro atoms. The van der Waals surface area contributed by atoms with Crippen LogP contribution in [0.5, 0.6) is 5.75 Å². The van der Waals surface area contributed by atoms with E-state index in [9.17, 15) is 15.2 Å². The summed E-state index contributed by atoms with van der Waals surface area (Å²) < 4.78 is 0. The molecule has 0 saturated heterocycles. The minimum absolute atomic E-state index is 0.0705. The van der Waals surface area contributed by atoms with E-state index in [1.54, 1.807) is 24.3 Å². The average Bonchev–Trinajstić information content (AvgIpc) is 2.66. The van der Waals surface area contributed by atoms with Crippen LogP contribution in [0.2, 0.25) is 0 Å². The largest absolute Gasteiger partial charge is 0.508 e. The smallest absolute Gasteiger partial charge is 0.366 e. The Hall–Kier alpha value is -3.15. The Labute approximate surface area is 120 Å². The van der Waals surface area contributed by atoms with Gasteiger partial charge in [-0.05, 0) is 34.2 Å². The number of nitrogens with one attached hydrogen (secondary N) is 1. The number of para-hydroxylation sites is 1. The Balaban J connectivity index is 2.14. The van der Waals surface area contributed by atoms with Crippen LogP contribution in [0.15, 0.2) is 59.3 Å². The maximum Gasteiger partial charge on any atom is 0.366 e. The first kappa shape index (κ1) is 12.9. The van der Waals surface area contributed by atoms with Gasteiger partial charge in [-0.25, -0.2) is 0 Å². The van der Waals surface area contributed by atoms with Crippen LogP contribution in [-0.4, -0.2) is 15.9 Å². The third-order valence-corrected chi connectivity index (χ3v) is 3.03. The molecular weight excluding hydrogens is 270 g/mol. The van der Waals surface area contributed by atoms with Crippen LogP contribution in [0.3, 0.4) is 0 Å². The minimum atomic E-state index is -0.535. The topological polar surface area (TPSA) is 87.8 Å². The molecule has 3 rings (SSSR count). The van der Waals surface area contributed by atoms with Gasteiger partial charge in [0.1, 0.15) is 5.75 Å². The number of hydrogen-bond donors (Lipinski definition) is 2. The number of rotatable bonds is 2. The second kappa shape index (κ2) is 5.09. The zero-order valence-corrected chi connectivity index (χ0v) is 10.9. The minimum Gasteiger partial charge on any atom is -0.508 e. The molecule has 2 aromatic rings. The van der Waals surface area contributed by atoms with Gasteiger partial charge < -0.3 is 20.5 Å². The maximum atomic E-state index is 11.1. The van der Waals surface area contributed by atoms with Crippen molar-refractivity contribution in [1.82, 2.24) is 0 Å². The van der Waals surface area contributed by atoms with Crippen LogP contribution in [0.1, 0.15) is 11.1 Å². The highest BCUT2D eigenvalue weighted by atomic mass is 16.6. The molecule has 0 amide bonds. The van der Waals surface area contributed by atoms with Crippen LogP contribution in [0.25, 0.3) is 6.08 Å². The monoisotopic (exact) mass is 281 g/mol. The molecule has 6 nitrogen and oxygen atoms in total. The molecule has 1 aliphatic rings. The van der Waals surface area contributed by atoms with E-state index in [2.05, 4.69) is 10.3 Å². The Morgan fingerprint density at radius 1 is 1.14 bits per heavy atom. The second-order valence-corrected chi connectivity index (χ2v) is 4.48. The van der Waals surface area contributed by atoms with Gasteiger partial charge in [-0.2, -0.15) is 0 Å². The van der Waals surface area contributed by atoms with Gasteiger partial charge in [-0.1, -0.05) is 24.3 Å². The van der Waals surface area contributed by atoms with E-state index in [4.69, 9.17) is 0 Å². The summed E-state index contributed by atoms with van der Waals surface area (Å²) >= 11 is 0. The lowest BCUT2D eigenvalue weighted by atomic mass is 10.1. The van der Waals surface area contributed by atoms with Crippen molar-refractivity contribution >= 4 is 17.6 Å². The van der Waals surface area contributed by atoms with E-state index < -0.39 is 4.92 Å². The van der Waals surface area contributed by atoms with Crippen molar-refractivity contribution in [3.05, 3.63) is 75.6 Å². The second-order valence-electron chi connectivity index (χ2n) is 4.48. The summed E-state index contributed by atoms with van der Waals surface area (Å²) in [5, 5.41) is 23.7. The van der Waals surface area contributed by atoms with Gasteiger partial charge in [0.15, 0.2) is 0 Å². The first-order valence-electron chi connectivity index (χ1n) is 6.24. The fourth-order valence-electron chi connectivity index (χ4n) is 2.06. The molecule has 0 radical (unpaired) electrons. The number of aliphatic imine (C=N–C) groups is 1. The first-order chi connectivity index (χ1) is 10.1. The normalized spacial score (nSPS) is 13.3. The van der Waals surface area contributed by atoms with Gasteiger partial charge in [0.2, 0.25) is 0 Å². The third kappa shape index (κ3) is 2.59. The lowest BCUT2D eigenvalue weighted by Crippen LogP contribution is -2.14. The lowest BCUT2D eigenvalue weighted by Gasteiger charge is -2.06. The highest BCUT2D eigenvalue weighted by molar-refractivity contribution is 6.10. The Kier molecular flexibility index (Phi) is 3.12. The Bertz CT molecular complexity index is 781. The average molecular weight is 281 g/mol. The highest BCUT2D eigenvalue weighted by Crippen LogP contribution is 2.24. The Morgan fingerprint density at radius 3 is 2.71 bits per heavy atom. The molecule has 0 atom stereocenters. The Morgan fingerprint density at radius 2 is 1.95 bits per heavy atom. The number of fused-ring (bicyclic) bond motifs is 1. The number of phenols is 1. The van der Waals surface area contributed by atoms with Crippen LogP contribution in [-0.2, 0) is 0 Å². The number of hydrogen-bond acceptors (Lipinski definition) is 5. The van der Waals surface area contributed by atoms with Gasteiger partial charge in [-0.3, -0.25) is 0 Å². The molecule has 0 saturated carbocycles. The number of nitrogens with zero attached hydrogens (tertiary/aromatic N) is 2. The zero-order valence-electron chi connectivity index (χ0n) is 10.9. The van der Waals surface area contributed by atoms with Crippen molar-refractivity contribution in [3.8, 4) is 5.75 Å². The SMILES string of the molecule is O=[N+]([O-])C1=Cc2ccccc2NC(c2cccc(O)c2)=N1. The van der Waals surface area contributed by atoms with Crippen molar-refractivity contribution in [2.45, 2.75) is 0 Å². The summed E-state index contributed by atoms with van der Waals surface area (Å²) in [6.45, 7) is 0. The van der Waals surface area contributed by atoms with E-state index in [1.807, 2.05) is 12.1 Å². The highest BCUT2D eigenvalue weighted by Gasteiger charge is 2.21. The number of benzene rings is 2. The number of phenolic OH excluding ortho intramolecular Hbond substituents is 1. The van der Waals surface area contributed by atoms with Gasteiger partial charge in [0.05, 0.1) is 0 Å². The molecule has 0 unspecified atom stereocenters. The fraction of sp³-hybridized carbons (Fsp3) is 0. The number of aromatic hydroxyl groups is 1. The number of anilines is 1. The van der Waals surface area contributed by atoms with Gasteiger partial charge >= 0.3 is 5.82 Å². The van der Waals surface area contributed by atoms with E-state index in [-0.39, 0.29) is 11.6 Å². The van der Waals surface area contributed by atoms with E-state index in [0.717, 1.165) is 5.69 Å². The predicted octanol–water partition coefficient (Wildman–Crippen LogP) is 2.84. The summed E-state index contributed by atoms with van der Waals surface area (Å²) in [5.74, 6) is 0.130. The maximum absolute atomic E-state index is 11.1. The number of nitro groups is 1. The van der Waals surface area contributed by atoms with Crippen molar-refractivity contribution in [2.24, 2.45) is 4.99 Å². The standard InChI is InChI=1S/C15H11N3O3/c19-12-6-3-5-11(8-12)15-16-13-7-2-1-4-10(13)9-14(17-15)18(20)21/h1-9,19H,(H,16,17). The third-order valence-electron chi connectivity index (χ3n) is 3.03. The molecule has 1 aliphatic heterocycles. The zero-order chi connectivity index (χ0) is 14.8. The predicted molar refractivity (Wildman–Crippen MR) is 79.7 cm³/mol. The molecule has 1 heterocycles. The van der Waals surface area contributed by atoms with Crippen molar-refractivity contribution in [2.75, 3.05) is 5.32 Å².